The Morgan fingerprint density at radius 1 is 1.50 bits per heavy atom. The van der Waals surface area contributed by atoms with Crippen LogP contribution in [0.5, 0.6) is 0 Å². The van der Waals surface area contributed by atoms with Crippen molar-refractivity contribution in [2.24, 2.45) is 5.73 Å². The molecule has 1 aromatic carbocycles. The second-order valence-electron chi connectivity index (χ2n) is 2.49. The first-order valence-electron chi connectivity index (χ1n) is 3.80. The van der Waals surface area contributed by atoms with Crippen molar-refractivity contribution in [3.63, 3.8) is 0 Å². The van der Waals surface area contributed by atoms with Crippen molar-refractivity contribution in [3.05, 3.63) is 29.8 Å². The van der Waals surface area contributed by atoms with Gasteiger partial charge in [0.25, 0.3) is 0 Å². The molecule has 0 heterocycles. The molecule has 3 N–H and O–H groups in total. The van der Waals surface area contributed by atoms with Crippen LogP contribution in [-0.4, -0.2) is 17.9 Å². The third kappa shape index (κ3) is 2.00. The molecule has 1 rings (SSSR count). The molecular formula is C9H13NOS. The fourth-order valence-corrected chi connectivity index (χ4v) is 1.72. The topological polar surface area (TPSA) is 46.2 Å². The normalized spacial score (nSPS) is 12.9. The Hall–Kier alpha value is -0.510. The van der Waals surface area contributed by atoms with E-state index in [1.165, 1.54) is 0 Å². The molecule has 0 saturated heterocycles. The molecule has 0 aliphatic rings. The average molecular weight is 183 g/mol. The highest BCUT2D eigenvalue weighted by Crippen LogP contribution is 2.24. The summed E-state index contributed by atoms with van der Waals surface area (Å²) in [5, 5.41) is 9.50. The third-order valence-electron chi connectivity index (χ3n) is 1.72. The first-order chi connectivity index (χ1) is 5.79. The lowest BCUT2D eigenvalue weighted by Crippen LogP contribution is -2.12. The first-order valence-corrected chi connectivity index (χ1v) is 5.03. The summed E-state index contributed by atoms with van der Waals surface area (Å²) in [6.45, 7) is 0.275. The molecule has 0 aliphatic carbocycles. The zero-order chi connectivity index (χ0) is 8.97. The minimum Gasteiger partial charge on any atom is -0.387 e. The molecule has 0 saturated carbocycles. The maximum absolute atomic E-state index is 9.50. The van der Waals surface area contributed by atoms with E-state index in [0.717, 1.165) is 10.5 Å². The standard InChI is InChI=1S/C9H13NOS/c1-12-9-5-3-2-4-7(9)8(11)6-10/h2-5,8,11H,6,10H2,1H3/t8-/m0/s1. The van der Waals surface area contributed by atoms with Gasteiger partial charge in [-0.05, 0) is 17.9 Å². The highest BCUT2D eigenvalue weighted by atomic mass is 32.2. The highest BCUT2D eigenvalue weighted by molar-refractivity contribution is 7.98. The van der Waals surface area contributed by atoms with E-state index in [-0.39, 0.29) is 6.54 Å². The Morgan fingerprint density at radius 2 is 2.17 bits per heavy atom. The Labute approximate surface area is 76.8 Å². The summed E-state index contributed by atoms with van der Waals surface area (Å²) in [5.74, 6) is 0. The fourth-order valence-electron chi connectivity index (χ4n) is 1.07. The molecule has 0 aliphatic heterocycles. The van der Waals surface area contributed by atoms with Gasteiger partial charge in [0, 0.05) is 11.4 Å². The van der Waals surface area contributed by atoms with Gasteiger partial charge in [0.15, 0.2) is 0 Å². The van der Waals surface area contributed by atoms with E-state index in [9.17, 15) is 5.11 Å². The fraction of sp³-hybridized carbons (Fsp3) is 0.333. The molecule has 2 nitrogen and oxygen atoms in total. The average Bonchev–Trinajstić information content (AvgIpc) is 2.16. The van der Waals surface area contributed by atoms with Crippen molar-refractivity contribution in [1.29, 1.82) is 0 Å². The van der Waals surface area contributed by atoms with E-state index < -0.39 is 6.10 Å². The molecule has 66 valence electrons. The lowest BCUT2D eigenvalue weighted by atomic mass is 10.1. The summed E-state index contributed by atoms with van der Waals surface area (Å²) in [5.41, 5.74) is 6.29. The quantitative estimate of drug-likeness (QED) is 0.696. The van der Waals surface area contributed by atoms with Gasteiger partial charge in [-0.25, -0.2) is 0 Å². The van der Waals surface area contributed by atoms with E-state index in [2.05, 4.69) is 0 Å². The summed E-state index contributed by atoms with van der Waals surface area (Å²) in [6, 6.07) is 7.76. The van der Waals surface area contributed by atoms with Gasteiger partial charge in [-0.1, -0.05) is 18.2 Å². The Morgan fingerprint density at radius 3 is 2.75 bits per heavy atom. The number of aliphatic hydroxyl groups excluding tert-OH is 1. The number of aliphatic hydroxyl groups is 1. The molecule has 0 aromatic heterocycles. The van der Waals surface area contributed by atoms with Crippen LogP contribution in [0.3, 0.4) is 0 Å². The van der Waals surface area contributed by atoms with Crippen LogP contribution in [0.15, 0.2) is 29.2 Å². The van der Waals surface area contributed by atoms with E-state index in [1.54, 1.807) is 11.8 Å². The van der Waals surface area contributed by atoms with Crippen molar-refractivity contribution in [2.75, 3.05) is 12.8 Å². The Balaban J connectivity index is 2.96. The molecule has 12 heavy (non-hydrogen) atoms. The SMILES string of the molecule is CSc1ccccc1[C@@H](O)CN. The summed E-state index contributed by atoms with van der Waals surface area (Å²) < 4.78 is 0. The van der Waals surface area contributed by atoms with Crippen molar-refractivity contribution in [2.45, 2.75) is 11.0 Å². The number of thioether (sulfide) groups is 1. The van der Waals surface area contributed by atoms with Crippen LogP contribution in [0, 0.1) is 0 Å². The van der Waals surface area contributed by atoms with Gasteiger partial charge in [0.1, 0.15) is 0 Å². The second-order valence-corrected chi connectivity index (χ2v) is 3.34. The van der Waals surface area contributed by atoms with Crippen LogP contribution >= 0.6 is 11.8 Å². The van der Waals surface area contributed by atoms with E-state index >= 15 is 0 Å². The first kappa shape index (κ1) is 9.58. The van der Waals surface area contributed by atoms with Gasteiger partial charge in [-0.2, -0.15) is 0 Å². The van der Waals surface area contributed by atoms with Gasteiger partial charge in [0.2, 0.25) is 0 Å². The number of hydrogen-bond donors (Lipinski definition) is 2. The largest absolute Gasteiger partial charge is 0.387 e. The van der Waals surface area contributed by atoms with Crippen molar-refractivity contribution < 1.29 is 5.11 Å². The zero-order valence-corrected chi connectivity index (χ0v) is 7.84. The van der Waals surface area contributed by atoms with Gasteiger partial charge >= 0.3 is 0 Å². The highest BCUT2D eigenvalue weighted by Gasteiger charge is 2.08. The zero-order valence-electron chi connectivity index (χ0n) is 7.03. The van der Waals surface area contributed by atoms with Crippen LogP contribution in [0.1, 0.15) is 11.7 Å². The van der Waals surface area contributed by atoms with E-state index in [1.807, 2.05) is 30.5 Å². The van der Waals surface area contributed by atoms with Crippen LogP contribution in [-0.2, 0) is 0 Å². The summed E-state index contributed by atoms with van der Waals surface area (Å²) in [6.07, 6.45) is 1.45. The van der Waals surface area contributed by atoms with Crippen molar-refractivity contribution >= 4 is 11.8 Å². The van der Waals surface area contributed by atoms with Crippen LogP contribution < -0.4 is 5.73 Å². The Bertz CT molecular complexity index is 252. The predicted octanol–water partition coefficient (Wildman–Crippen LogP) is 1.40. The number of benzene rings is 1. The monoisotopic (exact) mass is 183 g/mol. The van der Waals surface area contributed by atoms with Gasteiger partial charge < -0.3 is 10.8 Å². The third-order valence-corrected chi connectivity index (χ3v) is 2.53. The number of rotatable bonds is 3. The molecule has 0 unspecified atom stereocenters. The van der Waals surface area contributed by atoms with Crippen molar-refractivity contribution in [1.82, 2.24) is 0 Å². The second kappa shape index (κ2) is 4.50. The van der Waals surface area contributed by atoms with Gasteiger partial charge in [0.05, 0.1) is 6.10 Å². The summed E-state index contributed by atoms with van der Waals surface area (Å²) >= 11 is 1.62. The van der Waals surface area contributed by atoms with Gasteiger partial charge in [-0.15, -0.1) is 11.8 Å². The van der Waals surface area contributed by atoms with E-state index in [4.69, 9.17) is 5.73 Å². The Kier molecular flexibility index (Phi) is 3.59. The van der Waals surface area contributed by atoms with Crippen molar-refractivity contribution in [3.8, 4) is 0 Å². The number of nitrogens with two attached hydrogens (primary N) is 1. The molecule has 0 amide bonds. The predicted molar refractivity (Wildman–Crippen MR) is 52.2 cm³/mol. The minimum absolute atomic E-state index is 0.275. The molecule has 1 aromatic rings. The molecule has 0 radical (unpaired) electrons. The lowest BCUT2D eigenvalue weighted by molar-refractivity contribution is 0.184. The maximum Gasteiger partial charge on any atom is 0.0923 e. The van der Waals surface area contributed by atoms with Gasteiger partial charge in [-0.3, -0.25) is 0 Å². The van der Waals surface area contributed by atoms with Crippen LogP contribution in [0.2, 0.25) is 0 Å². The summed E-state index contributed by atoms with van der Waals surface area (Å²) in [7, 11) is 0. The molecule has 1 atom stereocenters. The molecule has 0 bridgehead atoms. The minimum atomic E-state index is -0.534. The molecule has 3 heteroatoms. The smallest absolute Gasteiger partial charge is 0.0923 e. The molecule has 0 spiro atoms. The maximum atomic E-state index is 9.50. The summed E-state index contributed by atoms with van der Waals surface area (Å²) in [4.78, 5) is 1.09. The molecule has 0 fully saturated rings. The van der Waals surface area contributed by atoms with Crippen LogP contribution in [0.4, 0.5) is 0 Å². The van der Waals surface area contributed by atoms with Crippen LogP contribution in [0.25, 0.3) is 0 Å². The lowest BCUT2D eigenvalue weighted by Gasteiger charge is -2.11. The van der Waals surface area contributed by atoms with E-state index in [0.29, 0.717) is 0 Å². The molecular weight excluding hydrogens is 170 g/mol. The number of hydrogen-bond acceptors (Lipinski definition) is 3.